The molecule has 100 valence electrons. The first-order chi connectivity index (χ1) is 8.58. The lowest BCUT2D eigenvalue weighted by Gasteiger charge is -2.12. The van der Waals surface area contributed by atoms with Gasteiger partial charge in [-0.25, -0.2) is 0 Å². The minimum absolute atomic E-state index is 0.0691. The number of aromatic nitrogens is 1. The normalized spacial score (nSPS) is 11.9. The molecule has 0 radical (unpaired) electrons. The van der Waals surface area contributed by atoms with Crippen LogP contribution >= 0.6 is 0 Å². The molecular formula is C11H17N3O4. The van der Waals surface area contributed by atoms with Crippen LogP contribution in [0.25, 0.3) is 0 Å². The van der Waals surface area contributed by atoms with Crippen LogP contribution in [0.2, 0.25) is 0 Å². The van der Waals surface area contributed by atoms with Crippen LogP contribution in [-0.2, 0) is 4.74 Å². The number of hydrogen-bond acceptors (Lipinski definition) is 6. The number of nitro groups is 1. The van der Waals surface area contributed by atoms with Crippen molar-refractivity contribution in [2.75, 3.05) is 32.7 Å². The van der Waals surface area contributed by atoms with E-state index in [0.717, 1.165) is 0 Å². The van der Waals surface area contributed by atoms with Crippen LogP contribution in [0.1, 0.15) is 6.92 Å². The average molecular weight is 255 g/mol. The van der Waals surface area contributed by atoms with Gasteiger partial charge in [0.1, 0.15) is 0 Å². The molecule has 0 aromatic carbocycles. The Morgan fingerprint density at radius 3 is 2.78 bits per heavy atom. The maximum atomic E-state index is 10.9. The molecule has 18 heavy (non-hydrogen) atoms. The summed E-state index contributed by atoms with van der Waals surface area (Å²) in [5, 5.41) is 13.8. The summed E-state index contributed by atoms with van der Waals surface area (Å²) in [6.45, 7) is 3.09. The molecule has 1 rings (SSSR count). The van der Waals surface area contributed by atoms with E-state index in [0.29, 0.717) is 19.0 Å². The maximum Gasteiger partial charge on any atom is 0.311 e. The predicted molar refractivity (Wildman–Crippen MR) is 67.0 cm³/mol. The zero-order valence-corrected chi connectivity index (χ0v) is 10.7. The first-order valence-corrected chi connectivity index (χ1v) is 5.50. The van der Waals surface area contributed by atoms with Gasteiger partial charge < -0.3 is 14.8 Å². The third kappa shape index (κ3) is 3.85. The summed E-state index contributed by atoms with van der Waals surface area (Å²) in [4.78, 5) is 14.4. The van der Waals surface area contributed by atoms with E-state index < -0.39 is 4.92 Å². The van der Waals surface area contributed by atoms with Crippen LogP contribution in [0.15, 0.2) is 12.1 Å². The second kappa shape index (κ2) is 6.75. The lowest BCUT2D eigenvalue weighted by atomic mass is 10.2. The molecule has 0 fully saturated rings. The van der Waals surface area contributed by atoms with E-state index in [-0.39, 0.29) is 17.4 Å². The van der Waals surface area contributed by atoms with Crippen molar-refractivity contribution in [3.63, 3.8) is 0 Å². The van der Waals surface area contributed by atoms with Gasteiger partial charge in [-0.3, -0.25) is 10.1 Å². The van der Waals surface area contributed by atoms with E-state index in [9.17, 15) is 10.1 Å². The Hall–Kier alpha value is -1.89. The number of nitrogens with one attached hydrogen (secondary N) is 1. The van der Waals surface area contributed by atoms with E-state index in [1.54, 1.807) is 7.11 Å². The predicted octanol–water partition coefficient (Wildman–Crippen LogP) is 1.69. The average Bonchev–Trinajstić information content (AvgIpc) is 2.36. The number of rotatable bonds is 7. The summed E-state index contributed by atoms with van der Waals surface area (Å²) in [6.07, 6.45) is 0. The molecule has 1 heterocycles. The van der Waals surface area contributed by atoms with E-state index >= 15 is 0 Å². The quantitative estimate of drug-likeness (QED) is 0.589. The highest BCUT2D eigenvalue weighted by Gasteiger charge is 2.16. The molecule has 0 spiro atoms. The highest BCUT2D eigenvalue weighted by molar-refractivity contribution is 5.57. The molecule has 0 saturated carbocycles. The third-order valence-corrected chi connectivity index (χ3v) is 2.32. The Morgan fingerprint density at radius 2 is 2.22 bits per heavy atom. The largest absolute Gasteiger partial charge is 0.481 e. The molecule has 0 aliphatic heterocycles. The Bertz CT molecular complexity index is 411. The van der Waals surface area contributed by atoms with Gasteiger partial charge in [0.15, 0.2) is 0 Å². The lowest BCUT2D eigenvalue weighted by Crippen LogP contribution is -2.17. The van der Waals surface area contributed by atoms with Gasteiger partial charge in [0.2, 0.25) is 11.7 Å². The summed E-state index contributed by atoms with van der Waals surface area (Å²) in [5.41, 5.74) is -0.0691. The molecule has 1 aromatic rings. The van der Waals surface area contributed by atoms with Crippen molar-refractivity contribution in [2.45, 2.75) is 6.92 Å². The topological polar surface area (TPSA) is 86.5 Å². The van der Waals surface area contributed by atoms with Crippen molar-refractivity contribution >= 4 is 11.5 Å². The van der Waals surface area contributed by atoms with Gasteiger partial charge in [-0.05, 0) is 5.92 Å². The van der Waals surface area contributed by atoms with Crippen LogP contribution in [0.3, 0.4) is 0 Å². The Kier molecular flexibility index (Phi) is 5.31. The minimum Gasteiger partial charge on any atom is -0.481 e. The zero-order valence-electron chi connectivity index (χ0n) is 10.7. The lowest BCUT2D eigenvalue weighted by molar-refractivity contribution is -0.384. The van der Waals surface area contributed by atoms with Crippen molar-refractivity contribution in [1.82, 2.24) is 4.98 Å². The smallest absolute Gasteiger partial charge is 0.311 e. The van der Waals surface area contributed by atoms with E-state index in [4.69, 9.17) is 9.47 Å². The van der Waals surface area contributed by atoms with Crippen molar-refractivity contribution in [2.24, 2.45) is 5.92 Å². The molecule has 0 bridgehead atoms. The molecule has 0 saturated heterocycles. The molecule has 1 atom stereocenters. The molecule has 0 aliphatic carbocycles. The number of hydrogen-bond donors (Lipinski definition) is 1. The van der Waals surface area contributed by atoms with Crippen LogP contribution in [-0.4, -0.2) is 37.3 Å². The van der Waals surface area contributed by atoms with Gasteiger partial charge in [0.25, 0.3) is 0 Å². The molecular weight excluding hydrogens is 238 g/mol. The summed E-state index contributed by atoms with van der Waals surface area (Å²) in [7, 11) is 3.08. The number of methoxy groups -OCH3 is 2. The summed E-state index contributed by atoms with van der Waals surface area (Å²) >= 11 is 0. The maximum absolute atomic E-state index is 10.9. The zero-order chi connectivity index (χ0) is 13.5. The van der Waals surface area contributed by atoms with Gasteiger partial charge in [0.05, 0.1) is 18.6 Å². The molecule has 1 N–H and O–H groups in total. The van der Waals surface area contributed by atoms with E-state index in [2.05, 4.69) is 10.3 Å². The van der Waals surface area contributed by atoms with Crippen molar-refractivity contribution in [3.05, 3.63) is 22.2 Å². The van der Waals surface area contributed by atoms with Crippen molar-refractivity contribution in [3.8, 4) is 5.88 Å². The van der Waals surface area contributed by atoms with Gasteiger partial charge in [-0.2, -0.15) is 4.98 Å². The Balaban J connectivity index is 2.80. The fourth-order valence-corrected chi connectivity index (χ4v) is 1.44. The third-order valence-electron chi connectivity index (χ3n) is 2.32. The summed E-state index contributed by atoms with van der Waals surface area (Å²) in [6, 6.07) is 2.83. The number of pyridine rings is 1. The molecule has 7 nitrogen and oxygen atoms in total. The van der Waals surface area contributed by atoms with Crippen molar-refractivity contribution < 1.29 is 14.4 Å². The summed E-state index contributed by atoms with van der Waals surface area (Å²) < 4.78 is 9.94. The van der Waals surface area contributed by atoms with Gasteiger partial charge in [-0.15, -0.1) is 0 Å². The number of ether oxygens (including phenoxy) is 2. The minimum atomic E-state index is -0.476. The fourth-order valence-electron chi connectivity index (χ4n) is 1.44. The van der Waals surface area contributed by atoms with E-state index in [1.807, 2.05) is 6.92 Å². The molecule has 0 aliphatic rings. The monoisotopic (exact) mass is 255 g/mol. The Morgan fingerprint density at radius 1 is 1.50 bits per heavy atom. The molecule has 0 amide bonds. The summed E-state index contributed by atoms with van der Waals surface area (Å²) in [5.74, 6) is 0.771. The first-order valence-electron chi connectivity index (χ1n) is 5.50. The highest BCUT2D eigenvalue weighted by Crippen LogP contribution is 2.24. The Labute approximate surface area is 105 Å². The standard InChI is InChI=1S/C11H17N3O4/c1-8(7-17-2)6-12-11-9(14(15)16)4-5-10(13-11)18-3/h4-5,8H,6-7H2,1-3H3,(H,12,13). The molecule has 7 heteroatoms. The van der Waals surface area contributed by atoms with Crippen LogP contribution in [0, 0.1) is 16.0 Å². The van der Waals surface area contributed by atoms with E-state index in [1.165, 1.54) is 19.2 Å². The van der Waals surface area contributed by atoms with Gasteiger partial charge in [-0.1, -0.05) is 6.92 Å². The second-order valence-electron chi connectivity index (χ2n) is 3.92. The second-order valence-corrected chi connectivity index (χ2v) is 3.92. The van der Waals surface area contributed by atoms with Gasteiger partial charge >= 0.3 is 5.69 Å². The molecule has 1 aromatic heterocycles. The SMILES string of the molecule is COCC(C)CNc1nc(OC)ccc1[N+](=O)[O-]. The van der Waals surface area contributed by atoms with Crippen molar-refractivity contribution in [1.29, 1.82) is 0 Å². The highest BCUT2D eigenvalue weighted by atomic mass is 16.6. The molecule has 1 unspecified atom stereocenters. The number of nitrogens with zero attached hydrogens (tertiary/aromatic N) is 2. The van der Waals surface area contributed by atoms with Crippen LogP contribution < -0.4 is 10.1 Å². The number of anilines is 1. The fraction of sp³-hybridized carbons (Fsp3) is 0.545. The van der Waals surface area contributed by atoms with Crippen LogP contribution in [0.5, 0.6) is 5.88 Å². The first kappa shape index (κ1) is 14.2. The van der Waals surface area contributed by atoms with Gasteiger partial charge in [0, 0.05) is 25.8 Å². The van der Waals surface area contributed by atoms with Crippen LogP contribution in [0.4, 0.5) is 11.5 Å².